The first-order valence-electron chi connectivity index (χ1n) is 6.47. The summed E-state index contributed by atoms with van der Waals surface area (Å²) >= 11 is 5.10. The van der Waals surface area contributed by atoms with Crippen LogP contribution in [0.15, 0.2) is 15.9 Å². The van der Waals surface area contributed by atoms with Crippen LogP contribution in [-0.4, -0.2) is 42.3 Å². The van der Waals surface area contributed by atoms with Crippen molar-refractivity contribution in [1.29, 1.82) is 0 Å². The number of carbonyl (C=O) groups is 1. The molecule has 2 rings (SSSR count). The molecule has 1 aliphatic carbocycles. The number of hydrogen-bond donors (Lipinski definition) is 2. The van der Waals surface area contributed by atoms with Crippen LogP contribution in [0.1, 0.15) is 17.7 Å². The molecule has 1 saturated carbocycles. The van der Waals surface area contributed by atoms with Gasteiger partial charge in [0.15, 0.2) is 0 Å². The fourth-order valence-electron chi connectivity index (χ4n) is 1.91. The van der Waals surface area contributed by atoms with Gasteiger partial charge in [-0.1, -0.05) is 0 Å². The van der Waals surface area contributed by atoms with Gasteiger partial charge >= 0.3 is 6.03 Å². The van der Waals surface area contributed by atoms with E-state index in [1.807, 2.05) is 6.07 Å². The maximum atomic E-state index is 11.8. The molecule has 1 fully saturated rings. The number of hydrogen-bond acceptors (Lipinski definition) is 3. The topological polar surface area (TPSA) is 52.6 Å². The van der Waals surface area contributed by atoms with Gasteiger partial charge in [-0.3, -0.25) is 0 Å². The van der Waals surface area contributed by atoms with Crippen molar-refractivity contribution in [3.05, 3.63) is 20.8 Å². The quantitative estimate of drug-likeness (QED) is 0.831. The summed E-state index contributed by atoms with van der Waals surface area (Å²) in [6.07, 6.45) is 2.64. The molecule has 1 atom stereocenters. The highest BCUT2D eigenvalue weighted by Crippen LogP contribution is 2.32. The molecule has 2 amide bonds. The lowest BCUT2D eigenvalue weighted by Crippen LogP contribution is -2.42. The monoisotopic (exact) mass is 346 g/mol. The van der Waals surface area contributed by atoms with Crippen LogP contribution in [0.3, 0.4) is 0 Å². The summed E-state index contributed by atoms with van der Waals surface area (Å²) in [6.45, 7) is 1.04. The number of thiophene rings is 1. The van der Waals surface area contributed by atoms with Crippen LogP contribution < -0.4 is 5.32 Å². The molecule has 1 unspecified atom stereocenters. The molecule has 1 heterocycles. The number of carbonyl (C=O) groups excluding carboxylic acids is 1. The second-order valence-electron chi connectivity index (χ2n) is 4.97. The van der Waals surface area contributed by atoms with Gasteiger partial charge in [-0.05, 0) is 53.2 Å². The number of urea groups is 1. The highest BCUT2D eigenvalue weighted by atomic mass is 79.9. The van der Waals surface area contributed by atoms with Gasteiger partial charge in [0.2, 0.25) is 0 Å². The second kappa shape index (κ2) is 6.72. The van der Waals surface area contributed by atoms with Crippen LogP contribution in [0.2, 0.25) is 0 Å². The van der Waals surface area contributed by atoms with E-state index in [2.05, 4.69) is 27.3 Å². The minimum Gasteiger partial charge on any atom is -0.391 e. The van der Waals surface area contributed by atoms with Crippen molar-refractivity contribution >= 4 is 33.3 Å². The van der Waals surface area contributed by atoms with E-state index < -0.39 is 0 Å². The normalized spacial score (nSPS) is 16.2. The zero-order valence-corrected chi connectivity index (χ0v) is 13.3. The number of halogens is 1. The highest BCUT2D eigenvalue weighted by Gasteiger charge is 2.31. The zero-order valence-electron chi connectivity index (χ0n) is 10.9. The van der Waals surface area contributed by atoms with Crippen molar-refractivity contribution in [2.75, 3.05) is 20.1 Å². The lowest BCUT2D eigenvalue weighted by Gasteiger charge is -2.21. The molecule has 19 heavy (non-hydrogen) atoms. The molecule has 0 bridgehead atoms. The van der Waals surface area contributed by atoms with E-state index in [4.69, 9.17) is 0 Å². The van der Waals surface area contributed by atoms with Gasteiger partial charge < -0.3 is 15.3 Å². The van der Waals surface area contributed by atoms with Crippen molar-refractivity contribution in [3.63, 3.8) is 0 Å². The summed E-state index contributed by atoms with van der Waals surface area (Å²) < 4.78 is 1.11. The van der Waals surface area contributed by atoms with Gasteiger partial charge in [0, 0.05) is 25.0 Å². The summed E-state index contributed by atoms with van der Waals surface area (Å²) in [4.78, 5) is 14.6. The number of amides is 2. The highest BCUT2D eigenvalue weighted by molar-refractivity contribution is 9.11. The van der Waals surface area contributed by atoms with Crippen molar-refractivity contribution in [1.82, 2.24) is 10.2 Å². The van der Waals surface area contributed by atoms with Crippen LogP contribution in [0, 0.1) is 5.92 Å². The number of aliphatic hydroxyl groups is 1. The lowest BCUT2D eigenvalue weighted by atomic mass is 10.2. The van der Waals surface area contributed by atoms with E-state index in [1.54, 1.807) is 23.3 Å². The van der Waals surface area contributed by atoms with E-state index >= 15 is 0 Å². The van der Waals surface area contributed by atoms with Gasteiger partial charge in [-0.2, -0.15) is 0 Å². The molecule has 1 aromatic heterocycles. The minimum absolute atomic E-state index is 0.115. The van der Waals surface area contributed by atoms with Crippen LogP contribution >= 0.6 is 27.3 Å². The molecule has 2 N–H and O–H groups in total. The fourth-order valence-corrected chi connectivity index (χ4v) is 3.39. The van der Waals surface area contributed by atoms with Crippen molar-refractivity contribution in [2.45, 2.75) is 25.4 Å². The SMILES string of the molecule is CN(CC(O)C1CC1)C(=O)NCCc1ccc(Br)s1. The van der Waals surface area contributed by atoms with Gasteiger partial charge in [0.25, 0.3) is 0 Å². The molecule has 1 aliphatic rings. The minimum atomic E-state index is -0.371. The van der Waals surface area contributed by atoms with E-state index in [-0.39, 0.29) is 12.1 Å². The Balaban J connectivity index is 1.65. The fraction of sp³-hybridized carbons (Fsp3) is 0.615. The first-order chi connectivity index (χ1) is 9.06. The Morgan fingerprint density at radius 2 is 2.37 bits per heavy atom. The number of nitrogens with zero attached hydrogens (tertiary/aromatic N) is 1. The summed E-state index contributed by atoms with van der Waals surface area (Å²) in [5.41, 5.74) is 0. The Hall–Kier alpha value is -0.590. The molecule has 0 spiro atoms. The standard InChI is InChI=1S/C13H19BrN2O2S/c1-16(8-11(17)9-2-3-9)13(18)15-7-6-10-4-5-12(14)19-10/h4-5,9,11,17H,2-3,6-8H2,1H3,(H,15,18). The van der Waals surface area contributed by atoms with Crippen LogP contribution in [-0.2, 0) is 6.42 Å². The Bertz CT molecular complexity index is 434. The molecule has 6 heteroatoms. The van der Waals surface area contributed by atoms with Crippen LogP contribution in [0.4, 0.5) is 4.79 Å². The maximum absolute atomic E-state index is 11.8. The number of nitrogens with one attached hydrogen (secondary N) is 1. The molecule has 0 aliphatic heterocycles. The predicted molar refractivity (Wildman–Crippen MR) is 80.5 cm³/mol. The zero-order chi connectivity index (χ0) is 13.8. The summed E-state index contributed by atoms with van der Waals surface area (Å²) in [5, 5.41) is 12.7. The van der Waals surface area contributed by atoms with Gasteiger partial charge in [-0.15, -0.1) is 11.3 Å². The average Bonchev–Trinajstić information content (AvgIpc) is 3.13. The van der Waals surface area contributed by atoms with E-state index in [9.17, 15) is 9.90 Å². The third-order valence-corrected chi connectivity index (χ3v) is 4.93. The van der Waals surface area contributed by atoms with Gasteiger partial charge in [0.1, 0.15) is 0 Å². The van der Waals surface area contributed by atoms with Crippen molar-refractivity contribution < 1.29 is 9.90 Å². The Morgan fingerprint density at radius 1 is 1.63 bits per heavy atom. The number of aliphatic hydroxyl groups excluding tert-OH is 1. The average molecular weight is 347 g/mol. The van der Waals surface area contributed by atoms with Crippen molar-refractivity contribution in [2.24, 2.45) is 5.92 Å². The first-order valence-corrected chi connectivity index (χ1v) is 8.08. The molecule has 0 radical (unpaired) electrons. The molecule has 0 aromatic carbocycles. The Morgan fingerprint density at radius 3 is 2.95 bits per heavy atom. The van der Waals surface area contributed by atoms with E-state index in [1.165, 1.54) is 4.88 Å². The van der Waals surface area contributed by atoms with Gasteiger partial charge in [-0.25, -0.2) is 4.79 Å². The van der Waals surface area contributed by atoms with Crippen LogP contribution in [0.25, 0.3) is 0 Å². The summed E-state index contributed by atoms with van der Waals surface area (Å²) in [7, 11) is 1.72. The molecule has 1 aromatic rings. The van der Waals surface area contributed by atoms with E-state index in [0.29, 0.717) is 19.0 Å². The van der Waals surface area contributed by atoms with Gasteiger partial charge in [0.05, 0.1) is 9.89 Å². The third-order valence-electron chi connectivity index (χ3n) is 3.25. The maximum Gasteiger partial charge on any atom is 0.317 e. The molecule has 0 saturated heterocycles. The Kier molecular flexibility index (Phi) is 5.24. The van der Waals surface area contributed by atoms with Crippen LogP contribution in [0.5, 0.6) is 0 Å². The summed E-state index contributed by atoms with van der Waals surface area (Å²) in [6, 6.07) is 3.96. The third kappa shape index (κ3) is 4.78. The lowest BCUT2D eigenvalue weighted by molar-refractivity contribution is 0.113. The van der Waals surface area contributed by atoms with Crippen molar-refractivity contribution in [3.8, 4) is 0 Å². The largest absolute Gasteiger partial charge is 0.391 e. The molecule has 4 nitrogen and oxygen atoms in total. The smallest absolute Gasteiger partial charge is 0.317 e. The number of likely N-dealkylation sites (N-methyl/N-ethyl adjacent to an activating group) is 1. The first kappa shape index (κ1) is 14.8. The predicted octanol–water partition coefficient (Wildman–Crippen LogP) is 2.47. The molecular weight excluding hydrogens is 328 g/mol. The summed E-state index contributed by atoms with van der Waals surface area (Å²) in [5.74, 6) is 0.402. The Labute approximate surface area is 125 Å². The molecule has 106 valence electrons. The van der Waals surface area contributed by atoms with E-state index in [0.717, 1.165) is 23.0 Å². The second-order valence-corrected chi connectivity index (χ2v) is 7.52. The molecular formula is C13H19BrN2O2S. The number of rotatable bonds is 6.